The van der Waals surface area contributed by atoms with E-state index >= 15 is 0 Å². The van der Waals surface area contributed by atoms with Gasteiger partial charge in [-0.15, -0.1) is 0 Å². The van der Waals surface area contributed by atoms with E-state index in [-0.39, 0.29) is 18.4 Å². The Kier molecular flexibility index (Phi) is 6.71. The molecule has 0 spiro atoms. The van der Waals surface area contributed by atoms with Crippen LogP contribution in [-0.4, -0.2) is 58.3 Å². The molecule has 35 heavy (non-hydrogen) atoms. The number of imide groups is 1. The monoisotopic (exact) mass is 481 g/mol. The number of nitrogens with two attached hydrogens (primary N) is 1. The van der Waals surface area contributed by atoms with Crippen molar-refractivity contribution in [3.63, 3.8) is 0 Å². The van der Waals surface area contributed by atoms with Gasteiger partial charge >= 0.3 is 12.2 Å². The molecule has 1 fully saturated rings. The average molecular weight is 482 g/mol. The third-order valence-corrected chi connectivity index (χ3v) is 6.34. The second-order valence-electron chi connectivity index (χ2n) is 9.98. The summed E-state index contributed by atoms with van der Waals surface area (Å²) in [6.07, 6.45) is -2.13. The summed E-state index contributed by atoms with van der Waals surface area (Å²) in [7, 11) is 0. The molecule has 2 aliphatic rings. The van der Waals surface area contributed by atoms with Gasteiger partial charge in [-0.25, -0.2) is 14.5 Å². The van der Waals surface area contributed by atoms with Gasteiger partial charge in [-0.2, -0.15) is 0 Å². The molecule has 2 aliphatic heterocycles. The molecule has 1 saturated heterocycles. The highest BCUT2D eigenvalue weighted by molar-refractivity contribution is 6.06. The molecule has 3 atom stereocenters. The maximum atomic E-state index is 12.8. The van der Waals surface area contributed by atoms with E-state index in [0.717, 1.165) is 10.5 Å². The fraction of sp³-hybridized carbons (Fsp3) is 0.423. The van der Waals surface area contributed by atoms with Gasteiger partial charge in [0.2, 0.25) is 0 Å². The van der Waals surface area contributed by atoms with Gasteiger partial charge in [-0.3, -0.25) is 4.79 Å². The minimum absolute atomic E-state index is 0.0555. The van der Waals surface area contributed by atoms with E-state index in [1.54, 1.807) is 29.2 Å². The highest BCUT2D eigenvalue weighted by Crippen LogP contribution is 2.38. The zero-order chi connectivity index (χ0) is 25.3. The number of carbonyl (C=O) groups excluding carboxylic acids is 2. The van der Waals surface area contributed by atoms with Gasteiger partial charge in [0.15, 0.2) is 6.23 Å². The number of rotatable bonds is 4. The van der Waals surface area contributed by atoms with Gasteiger partial charge in [0.25, 0.3) is 5.91 Å². The fourth-order valence-corrected chi connectivity index (χ4v) is 4.72. The lowest BCUT2D eigenvalue weighted by molar-refractivity contribution is -0.0564. The van der Waals surface area contributed by atoms with Crippen molar-refractivity contribution < 1.29 is 29.0 Å². The van der Waals surface area contributed by atoms with Crippen LogP contribution in [0, 0.1) is 5.92 Å². The largest absolute Gasteiger partial charge is 0.465 e. The minimum atomic E-state index is -1.37. The number of amides is 3. The molecule has 3 amide bonds. The van der Waals surface area contributed by atoms with E-state index in [1.165, 1.54) is 0 Å². The fourth-order valence-electron chi connectivity index (χ4n) is 4.72. The Morgan fingerprint density at radius 1 is 1.11 bits per heavy atom. The molecule has 0 bridgehead atoms. The van der Waals surface area contributed by atoms with Crippen molar-refractivity contribution in [1.29, 1.82) is 0 Å². The van der Waals surface area contributed by atoms with Crippen LogP contribution in [0.25, 0.3) is 0 Å². The first-order valence-electron chi connectivity index (χ1n) is 11.7. The highest BCUT2D eigenvalue weighted by Gasteiger charge is 2.43. The molecule has 2 aromatic carbocycles. The van der Waals surface area contributed by atoms with E-state index in [2.05, 4.69) is 0 Å². The molecule has 3 unspecified atom stereocenters. The van der Waals surface area contributed by atoms with E-state index in [4.69, 9.17) is 15.2 Å². The lowest BCUT2D eigenvalue weighted by atomic mass is 9.81. The Balaban J connectivity index is 1.57. The van der Waals surface area contributed by atoms with Gasteiger partial charge in [0.1, 0.15) is 5.60 Å². The van der Waals surface area contributed by atoms with Crippen LogP contribution >= 0.6 is 0 Å². The van der Waals surface area contributed by atoms with Gasteiger partial charge < -0.3 is 25.2 Å². The number of ether oxygens (including phenoxy) is 2. The second-order valence-corrected chi connectivity index (χ2v) is 9.98. The number of benzene rings is 2. The normalized spacial score (nSPS) is 22.1. The third kappa shape index (κ3) is 5.24. The molecule has 2 heterocycles. The number of hydrogen-bond acceptors (Lipinski definition) is 6. The first-order chi connectivity index (χ1) is 16.5. The Morgan fingerprint density at radius 3 is 2.46 bits per heavy atom. The Morgan fingerprint density at radius 2 is 1.80 bits per heavy atom. The standard InChI is InChI=1S/C26H31N3O6/c1-26(2,3)35-25(33)28-13-12-19(16-8-10-18(27)11-9-16)17(14-28)15-34-23-21-7-5-4-6-20(21)22(30)29(23)24(31)32/h4-11,17,19,23H,12-15,27H2,1-3H3,(H,31,32). The lowest BCUT2D eigenvalue weighted by Crippen LogP contribution is -2.46. The predicted molar refractivity (Wildman–Crippen MR) is 129 cm³/mol. The number of likely N-dealkylation sites (tertiary alicyclic amines) is 1. The SMILES string of the molecule is CC(C)(C)OC(=O)N1CCC(c2ccc(N)cc2)C(COC2c3ccccc3C(=O)N2C(=O)O)C1. The molecule has 4 rings (SSSR count). The second kappa shape index (κ2) is 9.58. The molecule has 0 radical (unpaired) electrons. The summed E-state index contributed by atoms with van der Waals surface area (Å²) in [5.74, 6) is -0.703. The predicted octanol–water partition coefficient (Wildman–Crippen LogP) is 4.46. The van der Waals surface area contributed by atoms with E-state index < -0.39 is 29.9 Å². The van der Waals surface area contributed by atoms with Crippen molar-refractivity contribution in [3.8, 4) is 0 Å². The van der Waals surface area contributed by atoms with Crippen molar-refractivity contribution in [2.45, 2.75) is 44.9 Å². The lowest BCUT2D eigenvalue weighted by Gasteiger charge is -2.39. The van der Waals surface area contributed by atoms with Gasteiger partial charge in [-0.05, 0) is 56.9 Å². The Bertz CT molecular complexity index is 1110. The number of piperidine rings is 1. The number of nitrogen functional groups attached to an aromatic ring is 1. The van der Waals surface area contributed by atoms with E-state index in [9.17, 15) is 19.5 Å². The van der Waals surface area contributed by atoms with Crippen LogP contribution < -0.4 is 5.73 Å². The van der Waals surface area contributed by atoms with Gasteiger partial charge in [-0.1, -0.05) is 30.3 Å². The van der Waals surface area contributed by atoms with Crippen LogP contribution in [0.15, 0.2) is 48.5 Å². The van der Waals surface area contributed by atoms with Crippen molar-refractivity contribution in [2.24, 2.45) is 5.92 Å². The zero-order valence-electron chi connectivity index (χ0n) is 20.1. The van der Waals surface area contributed by atoms with Gasteiger partial charge in [0, 0.05) is 35.8 Å². The van der Waals surface area contributed by atoms with Crippen LogP contribution in [0.5, 0.6) is 0 Å². The summed E-state index contributed by atoms with van der Waals surface area (Å²) in [4.78, 5) is 39.7. The molecule has 9 heteroatoms. The topological polar surface area (TPSA) is 122 Å². The molecule has 3 N–H and O–H groups in total. The molecule has 186 valence electrons. The van der Waals surface area contributed by atoms with Crippen LogP contribution in [0.1, 0.15) is 60.8 Å². The smallest absolute Gasteiger partial charge is 0.416 e. The van der Waals surface area contributed by atoms with E-state index in [0.29, 0.717) is 36.3 Å². The van der Waals surface area contributed by atoms with Crippen molar-refractivity contribution in [3.05, 3.63) is 65.2 Å². The Hall–Kier alpha value is -3.59. The van der Waals surface area contributed by atoms with Crippen molar-refractivity contribution in [1.82, 2.24) is 9.80 Å². The molecule has 0 aromatic heterocycles. The summed E-state index contributed by atoms with van der Waals surface area (Å²) in [5.41, 5.74) is 7.80. The average Bonchev–Trinajstić information content (AvgIpc) is 3.09. The molecule has 9 nitrogen and oxygen atoms in total. The van der Waals surface area contributed by atoms with Crippen LogP contribution in [0.3, 0.4) is 0 Å². The molecular formula is C26H31N3O6. The Labute approximate surface area is 204 Å². The summed E-state index contributed by atoms with van der Waals surface area (Å²) in [5, 5.41) is 9.69. The minimum Gasteiger partial charge on any atom is -0.465 e. The number of anilines is 1. The number of carbonyl (C=O) groups is 3. The molecule has 0 saturated carbocycles. The number of carboxylic acid groups (broad SMARTS) is 1. The summed E-state index contributed by atoms with van der Waals surface area (Å²) in [6, 6.07) is 14.3. The highest BCUT2D eigenvalue weighted by atomic mass is 16.6. The van der Waals surface area contributed by atoms with Crippen molar-refractivity contribution in [2.75, 3.05) is 25.4 Å². The van der Waals surface area contributed by atoms with E-state index in [1.807, 2.05) is 45.0 Å². The molecule has 2 aromatic rings. The number of hydrogen-bond donors (Lipinski definition) is 2. The van der Waals surface area contributed by atoms with Crippen LogP contribution in [-0.2, 0) is 9.47 Å². The van der Waals surface area contributed by atoms with Gasteiger partial charge in [0.05, 0.1) is 6.61 Å². The third-order valence-electron chi connectivity index (χ3n) is 6.34. The summed E-state index contributed by atoms with van der Waals surface area (Å²) < 4.78 is 11.7. The first kappa shape index (κ1) is 24.5. The first-order valence-corrected chi connectivity index (χ1v) is 11.7. The number of fused-ring (bicyclic) bond motifs is 1. The zero-order valence-corrected chi connectivity index (χ0v) is 20.1. The van der Waals surface area contributed by atoms with Crippen LogP contribution in [0.4, 0.5) is 15.3 Å². The summed E-state index contributed by atoms with van der Waals surface area (Å²) >= 11 is 0. The molecule has 0 aliphatic carbocycles. The summed E-state index contributed by atoms with van der Waals surface area (Å²) in [6.45, 7) is 6.50. The number of nitrogens with zero attached hydrogens (tertiary/aromatic N) is 2. The maximum Gasteiger partial charge on any atom is 0.416 e. The maximum absolute atomic E-state index is 12.8. The van der Waals surface area contributed by atoms with Crippen LogP contribution in [0.2, 0.25) is 0 Å². The molecular weight excluding hydrogens is 450 g/mol. The van der Waals surface area contributed by atoms with Crippen molar-refractivity contribution >= 4 is 23.8 Å². The quantitative estimate of drug-likeness (QED) is 0.618.